The average molecular weight is 338 g/mol. The highest BCUT2D eigenvalue weighted by Gasteiger charge is 2.16. The molecule has 2 aromatic carbocycles. The Morgan fingerprint density at radius 3 is 2.50 bits per heavy atom. The molecule has 0 radical (unpaired) electrons. The van der Waals surface area contributed by atoms with Crippen LogP contribution < -0.4 is 10.1 Å². The van der Waals surface area contributed by atoms with E-state index in [9.17, 15) is 4.39 Å². The molecule has 0 aliphatic carbocycles. The molecule has 4 heteroatoms. The van der Waals surface area contributed by atoms with Gasteiger partial charge < -0.3 is 10.1 Å². The number of hydrogen-bond donors (Lipinski definition) is 1. The number of hydrogen-bond acceptors (Lipinski definition) is 2. The Balaban J connectivity index is 2.44. The van der Waals surface area contributed by atoms with Crippen LogP contribution in [0.5, 0.6) is 5.75 Å². The lowest BCUT2D eigenvalue weighted by atomic mass is 9.95. The van der Waals surface area contributed by atoms with E-state index in [1.54, 1.807) is 6.07 Å². The molecule has 106 valence electrons. The lowest BCUT2D eigenvalue weighted by Crippen LogP contribution is -2.18. The first kappa shape index (κ1) is 15.0. The lowest BCUT2D eigenvalue weighted by Gasteiger charge is -2.20. The molecule has 1 unspecified atom stereocenters. The quantitative estimate of drug-likeness (QED) is 0.902. The zero-order valence-electron chi connectivity index (χ0n) is 11.7. The standard InChI is InChI=1S/C16H17BrFNO/c1-10-8-12(17)5-6-13(10)16(19-2)11-4-7-15(20-3)14(18)9-11/h4-9,16,19H,1-3H3. The molecule has 0 bridgehead atoms. The van der Waals surface area contributed by atoms with Gasteiger partial charge in [0.25, 0.3) is 0 Å². The fourth-order valence-corrected chi connectivity index (χ4v) is 2.80. The van der Waals surface area contributed by atoms with Crippen molar-refractivity contribution in [1.82, 2.24) is 5.32 Å². The Hall–Kier alpha value is -1.39. The fourth-order valence-electron chi connectivity index (χ4n) is 2.33. The smallest absolute Gasteiger partial charge is 0.165 e. The van der Waals surface area contributed by atoms with Gasteiger partial charge in [-0.3, -0.25) is 0 Å². The molecular weight excluding hydrogens is 321 g/mol. The molecule has 0 aliphatic rings. The summed E-state index contributed by atoms with van der Waals surface area (Å²) >= 11 is 3.46. The monoisotopic (exact) mass is 337 g/mol. The molecule has 2 nitrogen and oxygen atoms in total. The lowest BCUT2D eigenvalue weighted by molar-refractivity contribution is 0.386. The SMILES string of the molecule is CNC(c1ccc(OC)c(F)c1)c1ccc(Br)cc1C. The highest BCUT2D eigenvalue weighted by molar-refractivity contribution is 9.10. The molecule has 0 heterocycles. The number of halogens is 2. The third kappa shape index (κ3) is 3.02. The van der Waals surface area contributed by atoms with Gasteiger partial charge in [0, 0.05) is 4.47 Å². The Labute approximate surface area is 127 Å². The second-order valence-corrected chi connectivity index (χ2v) is 5.53. The molecule has 1 atom stereocenters. The minimum Gasteiger partial charge on any atom is -0.494 e. The maximum Gasteiger partial charge on any atom is 0.165 e. The van der Waals surface area contributed by atoms with Crippen LogP contribution in [0.25, 0.3) is 0 Å². The Bertz CT molecular complexity index is 615. The van der Waals surface area contributed by atoms with E-state index in [2.05, 4.69) is 27.3 Å². The molecule has 0 saturated carbocycles. The molecule has 0 amide bonds. The van der Waals surface area contributed by atoms with Crippen LogP contribution in [0.3, 0.4) is 0 Å². The highest BCUT2D eigenvalue weighted by atomic mass is 79.9. The third-order valence-electron chi connectivity index (χ3n) is 3.34. The summed E-state index contributed by atoms with van der Waals surface area (Å²) < 4.78 is 19.9. The first-order valence-corrected chi connectivity index (χ1v) is 7.13. The van der Waals surface area contributed by atoms with Crippen LogP contribution in [0, 0.1) is 12.7 Å². The van der Waals surface area contributed by atoms with Gasteiger partial charge in [-0.1, -0.05) is 28.1 Å². The molecule has 0 aromatic heterocycles. The normalized spacial score (nSPS) is 12.2. The maximum absolute atomic E-state index is 13.9. The van der Waals surface area contributed by atoms with Crippen LogP contribution in [0.4, 0.5) is 4.39 Å². The zero-order valence-corrected chi connectivity index (χ0v) is 13.3. The van der Waals surface area contributed by atoms with E-state index in [0.717, 1.165) is 21.2 Å². The molecule has 0 fully saturated rings. The van der Waals surface area contributed by atoms with Crippen molar-refractivity contribution in [1.29, 1.82) is 0 Å². The van der Waals surface area contributed by atoms with Crippen molar-refractivity contribution in [3.8, 4) is 5.75 Å². The predicted molar refractivity (Wildman–Crippen MR) is 82.7 cm³/mol. The van der Waals surface area contributed by atoms with Crippen LogP contribution >= 0.6 is 15.9 Å². The van der Waals surface area contributed by atoms with Crippen LogP contribution in [0.1, 0.15) is 22.7 Å². The van der Waals surface area contributed by atoms with Crippen molar-refractivity contribution >= 4 is 15.9 Å². The second-order valence-electron chi connectivity index (χ2n) is 4.62. The van der Waals surface area contributed by atoms with E-state index < -0.39 is 0 Å². The van der Waals surface area contributed by atoms with Gasteiger partial charge in [0.1, 0.15) is 0 Å². The molecular formula is C16H17BrFNO. The summed E-state index contributed by atoms with van der Waals surface area (Å²) in [7, 11) is 3.33. The zero-order chi connectivity index (χ0) is 14.7. The molecule has 20 heavy (non-hydrogen) atoms. The predicted octanol–water partition coefficient (Wildman–Crippen LogP) is 4.21. The van der Waals surface area contributed by atoms with Crippen molar-refractivity contribution in [2.45, 2.75) is 13.0 Å². The average Bonchev–Trinajstić information content (AvgIpc) is 2.42. The first-order chi connectivity index (χ1) is 9.56. The van der Waals surface area contributed by atoms with Gasteiger partial charge in [0.15, 0.2) is 11.6 Å². The van der Waals surface area contributed by atoms with Crippen molar-refractivity contribution < 1.29 is 9.13 Å². The number of ether oxygens (including phenoxy) is 1. The topological polar surface area (TPSA) is 21.3 Å². The van der Waals surface area contributed by atoms with Crippen molar-refractivity contribution in [2.24, 2.45) is 0 Å². The summed E-state index contributed by atoms with van der Waals surface area (Å²) in [5, 5.41) is 3.24. The van der Waals surface area contributed by atoms with E-state index in [0.29, 0.717) is 0 Å². The number of benzene rings is 2. The molecule has 0 aliphatic heterocycles. The Morgan fingerprint density at radius 2 is 1.95 bits per heavy atom. The van der Waals surface area contributed by atoms with E-state index in [4.69, 9.17) is 4.74 Å². The highest BCUT2D eigenvalue weighted by Crippen LogP contribution is 2.29. The van der Waals surface area contributed by atoms with Crippen molar-refractivity contribution in [3.05, 3.63) is 63.4 Å². The molecule has 0 spiro atoms. The van der Waals surface area contributed by atoms with E-state index >= 15 is 0 Å². The van der Waals surface area contributed by atoms with E-state index in [1.807, 2.05) is 32.2 Å². The summed E-state index contributed by atoms with van der Waals surface area (Å²) in [6.45, 7) is 2.05. The molecule has 0 saturated heterocycles. The largest absolute Gasteiger partial charge is 0.494 e. The summed E-state index contributed by atoms with van der Waals surface area (Å²) in [6.07, 6.45) is 0. The third-order valence-corrected chi connectivity index (χ3v) is 3.83. The maximum atomic E-state index is 13.9. The summed E-state index contributed by atoms with van der Waals surface area (Å²) in [5.41, 5.74) is 3.14. The van der Waals surface area contributed by atoms with Crippen molar-refractivity contribution in [2.75, 3.05) is 14.2 Å². The van der Waals surface area contributed by atoms with Crippen LogP contribution in [-0.2, 0) is 0 Å². The second kappa shape index (κ2) is 6.37. The molecule has 1 N–H and O–H groups in total. The van der Waals surface area contributed by atoms with Crippen LogP contribution in [0.2, 0.25) is 0 Å². The van der Waals surface area contributed by atoms with Gasteiger partial charge in [0.05, 0.1) is 13.2 Å². The van der Waals surface area contributed by atoms with Crippen LogP contribution in [0.15, 0.2) is 40.9 Å². The summed E-state index contributed by atoms with van der Waals surface area (Å²) in [6, 6.07) is 11.1. The minimum atomic E-state index is -0.347. The summed E-state index contributed by atoms with van der Waals surface area (Å²) in [5.74, 6) is -0.0869. The van der Waals surface area contributed by atoms with Gasteiger partial charge in [0.2, 0.25) is 0 Å². The van der Waals surface area contributed by atoms with Gasteiger partial charge in [-0.25, -0.2) is 4.39 Å². The number of methoxy groups -OCH3 is 1. The van der Waals surface area contributed by atoms with E-state index in [1.165, 1.54) is 13.2 Å². The Kier molecular flexibility index (Phi) is 4.78. The number of rotatable bonds is 4. The van der Waals surface area contributed by atoms with Crippen molar-refractivity contribution in [3.63, 3.8) is 0 Å². The van der Waals surface area contributed by atoms with E-state index in [-0.39, 0.29) is 17.6 Å². The van der Waals surface area contributed by atoms with Crippen LogP contribution in [-0.4, -0.2) is 14.2 Å². The number of nitrogens with one attached hydrogen (secondary N) is 1. The molecule has 2 aromatic rings. The minimum absolute atomic E-state index is 0.0523. The fraction of sp³-hybridized carbons (Fsp3) is 0.250. The molecule has 2 rings (SSSR count). The number of aryl methyl sites for hydroxylation is 1. The Morgan fingerprint density at radius 1 is 1.20 bits per heavy atom. The van der Waals surface area contributed by atoms with Gasteiger partial charge in [-0.2, -0.15) is 0 Å². The van der Waals surface area contributed by atoms with Gasteiger partial charge in [-0.15, -0.1) is 0 Å². The summed E-state index contributed by atoms with van der Waals surface area (Å²) in [4.78, 5) is 0. The first-order valence-electron chi connectivity index (χ1n) is 6.33. The van der Waals surface area contributed by atoms with Gasteiger partial charge >= 0.3 is 0 Å². The van der Waals surface area contributed by atoms with Gasteiger partial charge in [-0.05, 0) is 54.9 Å².